The molecular formula is C37H23Br2Cl2N3O6S3. The molecule has 0 atom stereocenters. The molecule has 6 aromatic rings. The highest BCUT2D eigenvalue weighted by atomic mass is 79.9. The summed E-state index contributed by atoms with van der Waals surface area (Å²) < 4.78 is 57.0. The molecule has 0 saturated heterocycles. The van der Waals surface area contributed by atoms with E-state index < -0.39 is 20.0 Å². The predicted octanol–water partition coefficient (Wildman–Crippen LogP) is 10.2. The molecule has 1 aromatic heterocycles. The Balaban J connectivity index is 0.000000204. The molecule has 0 spiro atoms. The summed E-state index contributed by atoms with van der Waals surface area (Å²) in [4.78, 5) is 25.6. The van der Waals surface area contributed by atoms with E-state index in [1.807, 2.05) is 6.07 Å². The Kier molecular flexibility index (Phi) is 12.9. The predicted molar refractivity (Wildman–Crippen MR) is 215 cm³/mol. The third-order valence-corrected chi connectivity index (χ3v) is 14.1. The maximum Gasteiger partial charge on any atom is 0.271 e. The molecule has 9 nitrogen and oxygen atoms in total. The topological polar surface area (TPSA) is 150 Å². The first-order valence-corrected chi connectivity index (χ1v) is 21.1. The van der Waals surface area contributed by atoms with Gasteiger partial charge in [-0.05, 0) is 98.6 Å². The molecule has 0 radical (unpaired) electrons. The van der Waals surface area contributed by atoms with Gasteiger partial charge in [0.2, 0.25) is 0 Å². The van der Waals surface area contributed by atoms with Gasteiger partial charge in [0.05, 0.1) is 31.7 Å². The Bertz CT molecular complexity index is 2560. The lowest BCUT2D eigenvalue weighted by Crippen LogP contribution is -2.16. The van der Waals surface area contributed by atoms with Gasteiger partial charge in [0.15, 0.2) is 11.6 Å². The average Bonchev–Trinajstić information content (AvgIpc) is 3.51. The highest BCUT2D eigenvalue weighted by Gasteiger charge is 2.23. The summed E-state index contributed by atoms with van der Waals surface area (Å²) >= 11 is 19.6. The average molecular weight is 933 g/mol. The maximum absolute atomic E-state index is 12.8. The first-order chi connectivity index (χ1) is 25.2. The van der Waals surface area contributed by atoms with Gasteiger partial charge < -0.3 is 0 Å². The van der Waals surface area contributed by atoms with Crippen LogP contribution in [0, 0.1) is 11.3 Å². The molecule has 0 fully saturated rings. The minimum Gasteiger partial charge on any atom is -0.289 e. The number of sulfonamides is 2. The summed E-state index contributed by atoms with van der Waals surface area (Å²) in [5.41, 5.74) is 1.82. The van der Waals surface area contributed by atoms with Crippen molar-refractivity contribution < 1.29 is 26.4 Å². The Morgan fingerprint density at radius 1 is 0.623 bits per heavy atom. The van der Waals surface area contributed by atoms with E-state index in [-0.39, 0.29) is 43.2 Å². The van der Waals surface area contributed by atoms with Crippen LogP contribution in [0.5, 0.6) is 0 Å². The van der Waals surface area contributed by atoms with Crippen LogP contribution in [0.2, 0.25) is 10.0 Å². The summed E-state index contributed by atoms with van der Waals surface area (Å²) in [5, 5.41) is 9.49. The number of nitrogens with one attached hydrogen (secondary N) is 2. The molecular weight excluding hydrogens is 909 g/mol. The second kappa shape index (κ2) is 17.2. The van der Waals surface area contributed by atoms with Crippen LogP contribution in [-0.2, 0) is 20.0 Å². The van der Waals surface area contributed by atoms with E-state index in [0.29, 0.717) is 35.0 Å². The molecule has 0 amide bonds. The van der Waals surface area contributed by atoms with Crippen molar-refractivity contribution in [2.45, 2.75) is 9.10 Å². The number of carbonyl (C=O) groups excluding carboxylic acids is 2. The number of anilines is 2. The van der Waals surface area contributed by atoms with E-state index in [1.165, 1.54) is 66.7 Å². The van der Waals surface area contributed by atoms with Gasteiger partial charge in [0.25, 0.3) is 20.0 Å². The molecule has 0 saturated carbocycles. The lowest BCUT2D eigenvalue weighted by atomic mass is 10.0. The van der Waals surface area contributed by atoms with E-state index in [0.717, 1.165) is 11.3 Å². The van der Waals surface area contributed by atoms with Crippen LogP contribution in [0.3, 0.4) is 0 Å². The summed E-state index contributed by atoms with van der Waals surface area (Å²) in [6.07, 6.45) is 0. The van der Waals surface area contributed by atoms with Crippen molar-refractivity contribution in [2.24, 2.45) is 0 Å². The second-order valence-electron chi connectivity index (χ2n) is 10.8. The number of carbonyl (C=O) groups is 2. The summed E-state index contributed by atoms with van der Waals surface area (Å²) in [6, 6.07) is 34.8. The van der Waals surface area contributed by atoms with Crippen molar-refractivity contribution in [3.05, 3.63) is 174 Å². The standard InChI is InChI=1S/C20H13ClN2O3S.C17H10Br2ClNO3S2/c21-16-8-11-19(18(12-16)20(24)15-4-2-1-3-5-15)23-27(25,26)17-9-6-14(13-22)7-10-17;18-13-9-15(25-17(13)19)26(23,24)21-14-7-6-11(20)8-12(14)16(22)10-4-2-1-3-5-10/h1-12,23H;1-9,21H. The van der Waals surface area contributed by atoms with Crippen molar-refractivity contribution in [3.8, 4) is 6.07 Å². The number of rotatable bonds is 10. The van der Waals surface area contributed by atoms with Crippen LogP contribution in [0.15, 0.2) is 145 Å². The Morgan fingerprint density at radius 2 is 1.08 bits per heavy atom. The number of benzene rings is 5. The zero-order valence-electron chi connectivity index (χ0n) is 26.8. The second-order valence-corrected chi connectivity index (χ2v) is 18.5. The van der Waals surface area contributed by atoms with Crippen LogP contribution in [-0.4, -0.2) is 28.4 Å². The van der Waals surface area contributed by atoms with Crippen molar-refractivity contribution in [1.29, 1.82) is 5.26 Å². The molecule has 53 heavy (non-hydrogen) atoms. The quantitative estimate of drug-likeness (QED) is 0.130. The van der Waals surface area contributed by atoms with Crippen LogP contribution in [0.25, 0.3) is 0 Å². The molecule has 1 heterocycles. The number of thiophene rings is 1. The summed E-state index contributed by atoms with van der Waals surface area (Å²) in [5.74, 6) is -0.671. The molecule has 2 N–H and O–H groups in total. The molecule has 0 aliphatic carbocycles. The van der Waals surface area contributed by atoms with E-state index in [1.54, 1.807) is 60.7 Å². The summed E-state index contributed by atoms with van der Waals surface area (Å²) in [6.45, 7) is 0. The van der Waals surface area contributed by atoms with E-state index in [2.05, 4.69) is 41.3 Å². The molecule has 268 valence electrons. The molecule has 5 aromatic carbocycles. The monoisotopic (exact) mass is 929 g/mol. The number of hydrogen-bond donors (Lipinski definition) is 2. The van der Waals surface area contributed by atoms with Crippen molar-refractivity contribution >= 4 is 109 Å². The fraction of sp³-hybridized carbons (Fsp3) is 0. The van der Waals surface area contributed by atoms with Crippen LogP contribution in [0.4, 0.5) is 11.4 Å². The zero-order chi connectivity index (χ0) is 38.3. The fourth-order valence-electron chi connectivity index (χ4n) is 4.64. The number of halogens is 4. The van der Waals surface area contributed by atoms with Gasteiger partial charge >= 0.3 is 0 Å². The van der Waals surface area contributed by atoms with Gasteiger partial charge in [-0.25, -0.2) is 16.8 Å². The van der Waals surface area contributed by atoms with Crippen molar-refractivity contribution in [2.75, 3.05) is 9.44 Å². The SMILES string of the molecule is N#Cc1ccc(S(=O)(=O)Nc2ccc(Cl)cc2C(=O)c2ccccc2)cc1.O=C(c1ccccc1)c1cc(Cl)ccc1NS(=O)(=O)c1cc(Br)c(Br)s1. The molecule has 0 unspecified atom stereocenters. The molecule has 16 heteroatoms. The minimum atomic E-state index is -3.94. The highest BCUT2D eigenvalue weighted by Crippen LogP contribution is 2.36. The smallest absolute Gasteiger partial charge is 0.271 e. The lowest BCUT2D eigenvalue weighted by molar-refractivity contribution is 0.103. The van der Waals surface area contributed by atoms with E-state index in [4.69, 9.17) is 28.5 Å². The third kappa shape index (κ3) is 10.0. The van der Waals surface area contributed by atoms with Crippen molar-refractivity contribution in [3.63, 3.8) is 0 Å². The molecule has 0 bridgehead atoms. The normalized spacial score (nSPS) is 11.1. The van der Waals surface area contributed by atoms with Crippen LogP contribution in [0.1, 0.15) is 37.4 Å². The van der Waals surface area contributed by atoms with Gasteiger partial charge in [-0.3, -0.25) is 19.0 Å². The highest BCUT2D eigenvalue weighted by molar-refractivity contribution is 9.13. The molecule has 0 aliphatic heterocycles. The largest absolute Gasteiger partial charge is 0.289 e. The third-order valence-electron chi connectivity index (χ3n) is 7.19. The molecule has 6 rings (SSSR count). The Morgan fingerprint density at radius 3 is 1.49 bits per heavy atom. The minimum absolute atomic E-state index is 0.0189. The maximum atomic E-state index is 12.8. The van der Waals surface area contributed by atoms with Crippen molar-refractivity contribution in [1.82, 2.24) is 0 Å². The summed E-state index contributed by atoms with van der Waals surface area (Å²) in [7, 11) is -7.80. The zero-order valence-corrected chi connectivity index (χ0v) is 33.9. The molecule has 0 aliphatic rings. The van der Waals surface area contributed by atoms with Gasteiger partial charge in [-0.1, -0.05) is 83.9 Å². The first kappa shape index (κ1) is 39.9. The fourth-order valence-corrected chi connectivity index (χ4v) is 9.97. The van der Waals surface area contributed by atoms with Gasteiger partial charge in [0.1, 0.15) is 4.21 Å². The number of nitrogens with zero attached hydrogens (tertiary/aromatic N) is 1. The van der Waals surface area contributed by atoms with Gasteiger partial charge in [-0.15, -0.1) is 11.3 Å². The first-order valence-electron chi connectivity index (χ1n) is 15.0. The Hall–Kier alpha value is -4.33. The van der Waals surface area contributed by atoms with Crippen LogP contribution < -0.4 is 9.44 Å². The van der Waals surface area contributed by atoms with Crippen LogP contribution >= 0.6 is 66.4 Å². The van der Waals surface area contributed by atoms with E-state index in [9.17, 15) is 26.4 Å². The lowest BCUT2D eigenvalue weighted by Gasteiger charge is -2.13. The van der Waals surface area contributed by atoms with E-state index >= 15 is 0 Å². The Labute approximate surface area is 336 Å². The van der Waals surface area contributed by atoms with Gasteiger partial charge in [-0.2, -0.15) is 5.26 Å². The van der Waals surface area contributed by atoms with Gasteiger partial charge in [0, 0.05) is 36.8 Å². The number of nitriles is 1. The number of ketones is 2. The number of hydrogen-bond acceptors (Lipinski definition) is 8.